The van der Waals surface area contributed by atoms with Gasteiger partial charge < -0.3 is 24.3 Å². The first-order valence-electron chi connectivity index (χ1n) is 13.9. The molecule has 0 radical (unpaired) electrons. The third-order valence-corrected chi connectivity index (χ3v) is 10.3. The van der Waals surface area contributed by atoms with Crippen LogP contribution in [0, 0.1) is 5.82 Å². The largest absolute Gasteiger partial charge is 0.616 e. The summed E-state index contributed by atoms with van der Waals surface area (Å²) in [4.78, 5) is 21.7. The second kappa shape index (κ2) is 11.2. The van der Waals surface area contributed by atoms with Gasteiger partial charge in [0.05, 0.1) is 17.5 Å². The number of ether oxygens (including phenoxy) is 1. The van der Waals surface area contributed by atoms with Gasteiger partial charge in [-0.2, -0.15) is 14.6 Å². The molecule has 220 valence electrons. The molecular formula is C28H30FN7O4S2. The zero-order valence-corrected chi connectivity index (χ0v) is 24.4. The molecule has 0 spiro atoms. The molecule has 7 rings (SSSR count). The standard InChI is InChI=1S/C28H30FN7O4S2/c29-20-16-19(40-18-5-14-42(38)15-6-18)3-4-22(20)34-10-7-33(8-11-34)9-12-35-26-25(41-28(35)37)23-17-21(24-2-1-13-39-24)32-36(23)27(30)31-26/h1-4,13,16-18H,5-12,14-15H2,(H2,30,31)/t18-,42-. The molecule has 0 aliphatic carbocycles. The number of benzene rings is 1. The summed E-state index contributed by atoms with van der Waals surface area (Å²) in [5.41, 5.74) is 8.67. The minimum atomic E-state index is -0.757. The molecule has 0 atom stereocenters. The third-order valence-electron chi connectivity index (χ3n) is 7.93. The van der Waals surface area contributed by atoms with E-state index in [4.69, 9.17) is 14.9 Å². The Bertz CT molecular complexity index is 1770. The van der Waals surface area contributed by atoms with Crippen LogP contribution in [0.4, 0.5) is 16.0 Å². The molecule has 2 N–H and O–H groups in total. The van der Waals surface area contributed by atoms with E-state index < -0.39 is 11.2 Å². The molecule has 42 heavy (non-hydrogen) atoms. The highest BCUT2D eigenvalue weighted by Crippen LogP contribution is 2.29. The van der Waals surface area contributed by atoms with Crippen molar-refractivity contribution >= 4 is 50.0 Å². The molecule has 0 saturated carbocycles. The lowest BCUT2D eigenvalue weighted by molar-refractivity contribution is 0.189. The van der Waals surface area contributed by atoms with Crippen LogP contribution >= 0.6 is 11.3 Å². The Morgan fingerprint density at radius 2 is 1.95 bits per heavy atom. The van der Waals surface area contributed by atoms with Crippen molar-refractivity contribution in [3.63, 3.8) is 0 Å². The fraction of sp³-hybridized carbons (Fsp3) is 0.393. The van der Waals surface area contributed by atoms with Crippen LogP contribution < -0.4 is 20.2 Å². The number of aromatic nitrogens is 4. The number of furan rings is 1. The van der Waals surface area contributed by atoms with Crippen molar-refractivity contribution in [3.8, 4) is 17.2 Å². The van der Waals surface area contributed by atoms with Crippen LogP contribution in [0.1, 0.15) is 12.8 Å². The Morgan fingerprint density at radius 1 is 1.14 bits per heavy atom. The average molecular weight is 612 g/mol. The highest BCUT2D eigenvalue weighted by atomic mass is 32.2. The van der Waals surface area contributed by atoms with Gasteiger partial charge in [0.25, 0.3) is 0 Å². The lowest BCUT2D eigenvalue weighted by Gasteiger charge is -2.36. The first kappa shape index (κ1) is 27.3. The average Bonchev–Trinajstić information content (AvgIpc) is 3.73. The zero-order valence-electron chi connectivity index (χ0n) is 22.8. The van der Waals surface area contributed by atoms with E-state index in [9.17, 15) is 9.35 Å². The monoisotopic (exact) mass is 611 g/mol. The van der Waals surface area contributed by atoms with E-state index in [1.54, 1.807) is 23.0 Å². The van der Waals surface area contributed by atoms with Crippen LogP contribution in [-0.4, -0.2) is 79.0 Å². The van der Waals surface area contributed by atoms with E-state index in [1.165, 1.54) is 10.6 Å². The number of anilines is 2. The second-order valence-corrected chi connectivity index (χ2v) is 13.2. The Balaban J connectivity index is 0.996. The van der Waals surface area contributed by atoms with Gasteiger partial charge in [-0.1, -0.05) is 22.5 Å². The minimum absolute atomic E-state index is 0.0127. The number of fused-ring (bicyclic) bond motifs is 3. The van der Waals surface area contributed by atoms with Crippen molar-refractivity contribution in [2.45, 2.75) is 25.5 Å². The van der Waals surface area contributed by atoms with Crippen LogP contribution in [0.2, 0.25) is 0 Å². The van der Waals surface area contributed by atoms with E-state index in [-0.39, 0.29) is 22.7 Å². The lowest BCUT2D eigenvalue weighted by Crippen LogP contribution is -2.47. The number of rotatable bonds is 7. The van der Waals surface area contributed by atoms with Gasteiger partial charge in [-0.25, -0.2) is 4.39 Å². The smallest absolute Gasteiger partial charge is 0.309 e. The zero-order chi connectivity index (χ0) is 28.8. The minimum Gasteiger partial charge on any atom is -0.616 e. The van der Waals surface area contributed by atoms with E-state index in [1.807, 2.05) is 23.1 Å². The van der Waals surface area contributed by atoms with Gasteiger partial charge in [-0.3, -0.25) is 14.3 Å². The summed E-state index contributed by atoms with van der Waals surface area (Å²) >= 11 is 0.374. The summed E-state index contributed by atoms with van der Waals surface area (Å²) in [5, 5.41) is 4.51. The molecule has 5 aromatic rings. The number of piperazine rings is 1. The van der Waals surface area contributed by atoms with Crippen LogP contribution in [-0.2, 0) is 17.7 Å². The predicted octanol–water partition coefficient (Wildman–Crippen LogP) is 3.20. The fourth-order valence-electron chi connectivity index (χ4n) is 5.64. The highest BCUT2D eigenvalue weighted by Gasteiger charge is 2.25. The third kappa shape index (κ3) is 5.23. The molecule has 2 aliphatic heterocycles. The molecule has 2 aliphatic rings. The molecule has 0 amide bonds. The van der Waals surface area contributed by atoms with Crippen molar-refractivity contribution in [2.75, 3.05) is 54.9 Å². The Hall–Kier alpha value is -3.59. The highest BCUT2D eigenvalue weighted by molar-refractivity contribution is 7.91. The van der Waals surface area contributed by atoms with Crippen LogP contribution in [0.15, 0.2) is 51.9 Å². The second-order valence-electron chi connectivity index (χ2n) is 10.6. The van der Waals surface area contributed by atoms with Crippen molar-refractivity contribution in [1.82, 2.24) is 24.1 Å². The quantitative estimate of drug-likeness (QED) is 0.276. The van der Waals surface area contributed by atoms with Crippen LogP contribution in [0.25, 0.3) is 27.3 Å². The summed E-state index contributed by atoms with van der Waals surface area (Å²) in [6.07, 6.45) is 3.03. The molecule has 11 nitrogen and oxygen atoms in total. The maximum absolute atomic E-state index is 15.1. The summed E-state index contributed by atoms with van der Waals surface area (Å²) < 4.78 is 42.0. The number of nitrogens with two attached hydrogens (primary N) is 1. The number of hydrogen-bond acceptors (Lipinski definition) is 10. The van der Waals surface area contributed by atoms with Gasteiger partial charge in [0, 0.05) is 58.2 Å². The number of nitrogens with zero attached hydrogens (tertiary/aromatic N) is 6. The number of halogens is 1. The maximum Gasteiger partial charge on any atom is 0.309 e. The molecule has 6 heterocycles. The first-order valence-corrected chi connectivity index (χ1v) is 16.2. The lowest BCUT2D eigenvalue weighted by atomic mass is 10.2. The van der Waals surface area contributed by atoms with Crippen molar-refractivity contribution in [3.05, 3.63) is 58.1 Å². The van der Waals surface area contributed by atoms with Gasteiger partial charge in [0.2, 0.25) is 5.95 Å². The molecule has 2 saturated heterocycles. The summed E-state index contributed by atoms with van der Waals surface area (Å²) in [7, 11) is 0. The summed E-state index contributed by atoms with van der Waals surface area (Å²) in [6, 6.07) is 10.5. The van der Waals surface area contributed by atoms with Gasteiger partial charge in [0.15, 0.2) is 11.4 Å². The maximum atomic E-state index is 15.1. The topological polar surface area (TPSA) is 130 Å². The normalized spacial score (nSPS) is 20.1. The van der Waals surface area contributed by atoms with E-state index in [0.29, 0.717) is 71.7 Å². The van der Waals surface area contributed by atoms with Crippen LogP contribution in [0.5, 0.6) is 5.75 Å². The van der Waals surface area contributed by atoms with Gasteiger partial charge in [0.1, 0.15) is 39.6 Å². The Kier molecular flexibility index (Phi) is 7.30. The van der Waals surface area contributed by atoms with Crippen LogP contribution in [0.3, 0.4) is 0 Å². The SMILES string of the molecule is Nc1nc2c(sc(=O)n2CCN2CCN(c3ccc(O[C@H]4CC[S@+]([O-])CC4)cc3F)CC2)c2cc(-c3ccco3)nn12. The number of thiazole rings is 1. The van der Waals surface area contributed by atoms with Gasteiger partial charge in [-0.15, -0.1) is 0 Å². The van der Waals surface area contributed by atoms with Crippen molar-refractivity contribution in [2.24, 2.45) is 0 Å². The Labute approximate surface area is 247 Å². The predicted molar refractivity (Wildman–Crippen MR) is 161 cm³/mol. The molecule has 0 bridgehead atoms. The molecule has 4 aromatic heterocycles. The molecular weight excluding hydrogens is 581 g/mol. The van der Waals surface area contributed by atoms with Gasteiger partial charge in [-0.05, 0) is 30.3 Å². The first-order chi connectivity index (χ1) is 20.4. The molecule has 0 unspecified atom stereocenters. The van der Waals surface area contributed by atoms with Crippen molar-refractivity contribution in [1.29, 1.82) is 0 Å². The van der Waals surface area contributed by atoms with Gasteiger partial charge >= 0.3 is 4.87 Å². The molecule has 14 heteroatoms. The number of nitrogen functional groups attached to an aromatic ring is 1. The van der Waals surface area contributed by atoms with Crippen molar-refractivity contribution < 1.29 is 18.1 Å². The summed E-state index contributed by atoms with van der Waals surface area (Å²) in [5.74, 6) is 2.30. The molecule has 1 aromatic carbocycles. The summed E-state index contributed by atoms with van der Waals surface area (Å²) in [6.45, 7) is 3.94. The van der Waals surface area contributed by atoms with E-state index >= 15 is 4.39 Å². The van der Waals surface area contributed by atoms with E-state index in [0.717, 1.165) is 42.0 Å². The molecule has 2 fully saturated rings. The Morgan fingerprint density at radius 3 is 2.69 bits per heavy atom. The van der Waals surface area contributed by atoms with E-state index in [2.05, 4.69) is 15.0 Å². The number of hydrogen-bond donors (Lipinski definition) is 1. The fourth-order valence-corrected chi connectivity index (χ4v) is 7.86.